The topological polar surface area (TPSA) is 68.2 Å². The fourth-order valence-corrected chi connectivity index (χ4v) is 1.71. The van der Waals surface area contributed by atoms with E-state index in [-0.39, 0.29) is 24.0 Å². The summed E-state index contributed by atoms with van der Waals surface area (Å²) in [4.78, 5) is 0. The Balaban J connectivity index is 1.69. The highest BCUT2D eigenvalue weighted by molar-refractivity contribution is 4.87. The van der Waals surface area contributed by atoms with E-state index in [0.29, 0.717) is 39.6 Å². The van der Waals surface area contributed by atoms with Gasteiger partial charge in [-0.2, -0.15) is 0 Å². The predicted molar refractivity (Wildman–Crippen MR) is 51.5 cm³/mol. The second kappa shape index (κ2) is 4.35. The van der Waals surface area contributed by atoms with E-state index in [2.05, 4.69) is 0 Å². The molecule has 0 aromatic heterocycles. The molecule has 0 atom stereocenters. The average molecular weight is 218 g/mol. The van der Waals surface area contributed by atoms with Crippen LogP contribution in [0.1, 0.15) is 0 Å². The summed E-state index contributed by atoms with van der Waals surface area (Å²) in [6.07, 6.45) is 0. The van der Waals surface area contributed by atoms with Crippen molar-refractivity contribution in [1.29, 1.82) is 0 Å². The number of ether oxygens (including phenoxy) is 3. The van der Waals surface area contributed by atoms with E-state index >= 15 is 0 Å². The zero-order chi connectivity index (χ0) is 10.8. The Labute approximate surface area is 88.9 Å². The lowest BCUT2D eigenvalue weighted by atomic mass is 9.86. The van der Waals surface area contributed by atoms with Crippen LogP contribution in [0.4, 0.5) is 0 Å². The standard InChI is InChI=1S/C10H18O5/c11-1-9(3-13-4-9)7-15-8-10(2-12)5-14-6-10/h11-12H,1-8H2. The van der Waals surface area contributed by atoms with Crippen LogP contribution in [0.15, 0.2) is 0 Å². The summed E-state index contributed by atoms with van der Waals surface area (Å²) in [6, 6.07) is 0. The molecule has 2 rings (SSSR count). The lowest BCUT2D eigenvalue weighted by Crippen LogP contribution is -2.52. The number of rotatable bonds is 6. The summed E-state index contributed by atoms with van der Waals surface area (Å²) in [5, 5.41) is 18.3. The summed E-state index contributed by atoms with van der Waals surface area (Å²) in [5.41, 5.74) is -0.414. The smallest absolute Gasteiger partial charge is 0.0635 e. The Morgan fingerprint density at radius 3 is 1.47 bits per heavy atom. The molecule has 15 heavy (non-hydrogen) atoms. The maximum Gasteiger partial charge on any atom is 0.0635 e. The summed E-state index contributed by atoms with van der Waals surface area (Å²) in [5.74, 6) is 0. The third kappa shape index (κ3) is 2.16. The number of hydrogen-bond donors (Lipinski definition) is 2. The molecule has 2 heterocycles. The van der Waals surface area contributed by atoms with Gasteiger partial charge in [0.2, 0.25) is 0 Å². The minimum absolute atomic E-state index is 0.0929. The van der Waals surface area contributed by atoms with Crippen molar-refractivity contribution in [3.05, 3.63) is 0 Å². The Morgan fingerprint density at radius 2 is 1.27 bits per heavy atom. The van der Waals surface area contributed by atoms with Gasteiger partial charge in [-0.1, -0.05) is 0 Å². The quantitative estimate of drug-likeness (QED) is 0.600. The molecule has 2 fully saturated rings. The predicted octanol–water partition coefficient (Wildman–Crippen LogP) is -0.979. The molecule has 5 heteroatoms. The molecule has 0 bridgehead atoms. The van der Waals surface area contributed by atoms with Gasteiger partial charge >= 0.3 is 0 Å². The minimum Gasteiger partial charge on any atom is -0.396 e. The molecule has 2 N–H and O–H groups in total. The molecular formula is C10H18O5. The van der Waals surface area contributed by atoms with Crippen LogP contribution < -0.4 is 0 Å². The second-order valence-corrected chi connectivity index (χ2v) is 4.79. The molecule has 0 saturated carbocycles. The van der Waals surface area contributed by atoms with Crippen LogP contribution in [0.2, 0.25) is 0 Å². The van der Waals surface area contributed by atoms with Crippen LogP contribution in [-0.4, -0.2) is 63.1 Å². The third-order valence-electron chi connectivity index (χ3n) is 3.12. The van der Waals surface area contributed by atoms with Gasteiger partial charge in [0.05, 0.1) is 63.7 Å². The van der Waals surface area contributed by atoms with Crippen LogP contribution in [0, 0.1) is 10.8 Å². The first-order chi connectivity index (χ1) is 7.24. The molecule has 0 radical (unpaired) electrons. The molecule has 0 aliphatic carbocycles. The maximum atomic E-state index is 9.16. The molecule has 2 saturated heterocycles. The number of aliphatic hydroxyl groups excluding tert-OH is 2. The minimum atomic E-state index is -0.207. The first-order valence-corrected chi connectivity index (χ1v) is 5.19. The maximum absolute atomic E-state index is 9.16. The van der Waals surface area contributed by atoms with Crippen molar-refractivity contribution in [1.82, 2.24) is 0 Å². The van der Waals surface area contributed by atoms with E-state index in [1.807, 2.05) is 0 Å². The molecule has 2 aliphatic rings. The van der Waals surface area contributed by atoms with Gasteiger partial charge in [0, 0.05) is 0 Å². The fraction of sp³-hybridized carbons (Fsp3) is 1.00. The van der Waals surface area contributed by atoms with Crippen LogP contribution in [0.25, 0.3) is 0 Å². The lowest BCUT2D eigenvalue weighted by molar-refractivity contribution is -0.203. The Morgan fingerprint density at radius 1 is 0.867 bits per heavy atom. The van der Waals surface area contributed by atoms with Gasteiger partial charge < -0.3 is 24.4 Å². The molecule has 5 nitrogen and oxygen atoms in total. The zero-order valence-corrected chi connectivity index (χ0v) is 8.78. The number of aliphatic hydroxyl groups is 2. The summed E-state index contributed by atoms with van der Waals surface area (Å²) >= 11 is 0. The molecule has 0 aromatic rings. The van der Waals surface area contributed by atoms with Crippen LogP contribution in [0.5, 0.6) is 0 Å². The van der Waals surface area contributed by atoms with E-state index in [4.69, 9.17) is 24.4 Å². The zero-order valence-electron chi connectivity index (χ0n) is 8.78. The van der Waals surface area contributed by atoms with Crippen molar-refractivity contribution >= 4 is 0 Å². The summed E-state index contributed by atoms with van der Waals surface area (Å²) in [7, 11) is 0. The van der Waals surface area contributed by atoms with Crippen molar-refractivity contribution in [2.45, 2.75) is 0 Å². The lowest BCUT2D eigenvalue weighted by Gasteiger charge is -2.43. The average Bonchev–Trinajstić information content (AvgIpc) is 2.14. The van der Waals surface area contributed by atoms with Gasteiger partial charge in [0.25, 0.3) is 0 Å². The van der Waals surface area contributed by atoms with Gasteiger partial charge in [-0.25, -0.2) is 0 Å². The highest BCUT2D eigenvalue weighted by Gasteiger charge is 2.42. The summed E-state index contributed by atoms with van der Waals surface area (Å²) in [6.45, 7) is 3.41. The highest BCUT2D eigenvalue weighted by Crippen LogP contribution is 2.30. The van der Waals surface area contributed by atoms with Crippen LogP contribution in [-0.2, 0) is 14.2 Å². The normalized spacial score (nSPS) is 26.8. The molecule has 0 unspecified atom stereocenters. The second-order valence-electron chi connectivity index (χ2n) is 4.79. The van der Waals surface area contributed by atoms with E-state index < -0.39 is 0 Å². The first-order valence-electron chi connectivity index (χ1n) is 5.19. The van der Waals surface area contributed by atoms with Gasteiger partial charge in [-0.15, -0.1) is 0 Å². The SMILES string of the molecule is OCC1(COCC2(CO)COC2)COC1. The molecule has 0 spiro atoms. The summed E-state index contributed by atoms with van der Waals surface area (Å²) < 4.78 is 15.7. The molecule has 0 aromatic carbocycles. The van der Waals surface area contributed by atoms with Crippen LogP contribution in [0.3, 0.4) is 0 Å². The van der Waals surface area contributed by atoms with Crippen molar-refractivity contribution in [2.24, 2.45) is 10.8 Å². The Kier molecular flexibility index (Phi) is 3.27. The molecule has 0 amide bonds. The fourth-order valence-electron chi connectivity index (χ4n) is 1.71. The first kappa shape index (κ1) is 11.3. The van der Waals surface area contributed by atoms with E-state index in [9.17, 15) is 0 Å². The molecular weight excluding hydrogens is 200 g/mol. The Bertz CT molecular complexity index is 177. The van der Waals surface area contributed by atoms with Crippen molar-refractivity contribution < 1.29 is 24.4 Å². The highest BCUT2D eigenvalue weighted by atomic mass is 16.5. The van der Waals surface area contributed by atoms with Gasteiger partial charge in [0.15, 0.2) is 0 Å². The third-order valence-corrected chi connectivity index (χ3v) is 3.12. The van der Waals surface area contributed by atoms with Crippen molar-refractivity contribution in [2.75, 3.05) is 52.9 Å². The van der Waals surface area contributed by atoms with E-state index in [1.165, 1.54) is 0 Å². The van der Waals surface area contributed by atoms with Gasteiger partial charge in [-0.05, 0) is 0 Å². The van der Waals surface area contributed by atoms with Crippen molar-refractivity contribution in [3.63, 3.8) is 0 Å². The molecule has 2 aliphatic heterocycles. The monoisotopic (exact) mass is 218 g/mol. The van der Waals surface area contributed by atoms with E-state index in [0.717, 1.165) is 0 Å². The van der Waals surface area contributed by atoms with Gasteiger partial charge in [-0.3, -0.25) is 0 Å². The number of hydrogen-bond acceptors (Lipinski definition) is 5. The van der Waals surface area contributed by atoms with Crippen LogP contribution >= 0.6 is 0 Å². The largest absolute Gasteiger partial charge is 0.396 e. The van der Waals surface area contributed by atoms with Crippen molar-refractivity contribution in [3.8, 4) is 0 Å². The molecule has 88 valence electrons. The Hall–Kier alpha value is -0.200. The van der Waals surface area contributed by atoms with E-state index in [1.54, 1.807) is 0 Å². The van der Waals surface area contributed by atoms with Gasteiger partial charge in [0.1, 0.15) is 0 Å².